The Morgan fingerprint density at radius 1 is 0.614 bits per heavy atom. The minimum atomic E-state index is -5.66. The van der Waals surface area contributed by atoms with Crippen molar-refractivity contribution in [2.75, 3.05) is 33.0 Å². The van der Waals surface area contributed by atoms with Crippen LogP contribution in [0.3, 0.4) is 0 Å². The lowest BCUT2D eigenvalue weighted by Crippen LogP contribution is -2.70. The Balaban J connectivity index is 1.56. The second-order valence-electron chi connectivity index (χ2n) is 17.1. The zero-order chi connectivity index (χ0) is 52.5. The molecule has 5 heterocycles. The van der Waals surface area contributed by atoms with Crippen molar-refractivity contribution < 1.29 is 158 Å². The van der Waals surface area contributed by atoms with E-state index in [2.05, 4.69) is 0 Å². The molecule has 0 amide bonds. The van der Waals surface area contributed by atoms with Gasteiger partial charge in [-0.15, -0.1) is 0 Å². The van der Waals surface area contributed by atoms with Crippen molar-refractivity contribution in [1.29, 1.82) is 0 Å². The third-order valence-electron chi connectivity index (χ3n) is 12.3. The van der Waals surface area contributed by atoms with Gasteiger partial charge in [-0.05, 0) is 0 Å². The number of hydrogen-bond donors (Lipinski definition) is 21. The van der Waals surface area contributed by atoms with Crippen LogP contribution in [0.2, 0.25) is 0 Å². The first kappa shape index (κ1) is 58.9. The van der Waals surface area contributed by atoms with Crippen LogP contribution < -0.4 is 11.5 Å². The van der Waals surface area contributed by atoms with Crippen LogP contribution in [-0.4, -0.2) is 300 Å². The highest BCUT2D eigenvalue weighted by Gasteiger charge is 2.63. The van der Waals surface area contributed by atoms with Gasteiger partial charge < -0.3 is 151 Å². The lowest BCUT2D eigenvalue weighted by atomic mass is 9.89. The van der Waals surface area contributed by atoms with Crippen LogP contribution in [0.15, 0.2) is 0 Å². The number of carboxylic acids is 2. The second-order valence-corrected chi connectivity index (χ2v) is 18.3. The Morgan fingerprint density at radius 3 is 1.76 bits per heavy atom. The van der Waals surface area contributed by atoms with Crippen LogP contribution in [0.5, 0.6) is 0 Å². The molecule has 0 unspecified atom stereocenters. The molecule has 0 aliphatic carbocycles. The molecule has 34 nitrogen and oxygen atoms in total. The number of ether oxygens (including phenoxy) is 9. The normalized spacial score (nSPS) is 46.5. The number of phosphoric ester groups is 1. The van der Waals surface area contributed by atoms with Gasteiger partial charge in [0.05, 0.1) is 57.3 Å². The Kier molecular flexibility index (Phi) is 19.9. The first-order chi connectivity index (χ1) is 32.6. The van der Waals surface area contributed by atoms with Gasteiger partial charge in [-0.2, -0.15) is 0 Å². The van der Waals surface area contributed by atoms with Crippen molar-refractivity contribution in [2.45, 2.75) is 171 Å². The molecule has 0 spiro atoms. The van der Waals surface area contributed by atoms with E-state index in [4.69, 9.17) is 58.6 Å². The molecule has 408 valence electrons. The fraction of sp³-hybridized carbons (Fsp3) is 0.943. The number of aliphatic carboxylic acids is 2. The molecule has 5 fully saturated rings. The summed E-state index contributed by atoms with van der Waals surface area (Å²) in [7, 11) is -5.66. The predicted molar refractivity (Wildman–Crippen MR) is 210 cm³/mol. The van der Waals surface area contributed by atoms with Crippen molar-refractivity contribution in [3.8, 4) is 0 Å². The number of aliphatic hydroxyl groups excluding tert-OH is 15. The van der Waals surface area contributed by atoms with Gasteiger partial charge in [0, 0.05) is 12.8 Å². The summed E-state index contributed by atoms with van der Waals surface area (Å²) in [5.41, 5.74) is 11.6. The SMILES string of the molecule is N[C@@H]1[C@@H](O)[C@H](O)[C@@H](CO[C@@H]2O[C@H](CO[C@]3(C(=O)O)C[C@@H](O[C@]4(C(=O)O)C[C@@H](O)[C@@H](O)[C@@H]([C@H](O)CO)O4)[C@@H](O[C@H]4O[C@H]([C@@H](O)CO)[C@@H](O)[C@H](O)[C@@H]4O)[C@@H]([C@H](O)CO)O3)[C@@H](OP(=O)(O)O)[C@H](O)[C@H]2N)O[C@@H]1O. The van der Waals surface area contributed by atoms with E-state index >= 15 is 0 Å². The monoisotopic (exact) mass is 1050 g/mol. The van der Waals surface area contributed by atoms with Crippen LogP contribution in [0.1, 0.15) is 12.8 Å². The average Bonchev–Trinajstić information content (AvgIpc) is 3.30. The number of carboxylic acid groups (broad SMARTS) is 2. The number of aliphatic hydroxyl groups is 15. The van der Waals surface area contributed by atoms with E-state index < -0.39 is 224 Å². The highest BCUT2D eigenvalue weighted by atomic mass is 31.2. The van der Waals surface area contributed by atoms with E-state index in [0.717, 1.165) is 0 Å². The fourth-order valence-electron chi connectivity index (χ4n) is 8.35. The largest absolute Gasteiger partial charge is 0.477 e. The van der Waals surface area contributed by atoms with Crippen LogP contribution in [0.25, 0.3) is 0 Å². The Morgan fingerprint density at radius 2 is 1.19 bits per heavy atom. The Hall–Kier alpha value is -1.99. The van der Waals surface area contributed by atoms with Gasteiger partial charge in [0.1, 0.15) is 104 Å². The van der Waals surface area contributed by atoms with Gasteiger partial charge >= 0.3 is 19.8 Å². The molecule has 5 aliphatic heterocycles. The minimum absolute atomic E-state index is 0.821. The van der Waals surface area contributed by atoms with E-state index in [-0.39, 0.29) is 0 Å². The van der Waals surface area contributed by atoms with E-state index in [1.54, 1.807) is 0 Å². The molecule has 23 N–H and O–H groups in total. The quantitative estimate of drug-likeness (QED) is 0.0504. The first-order valence-corrected chi connectivity index (χ1v) is 22.7. The lowest BCUT2D eigenvalue weighted by Gasteiger charge is -2.52. The lowest BCUT2D eigenvalue weighted by molar-refractivity contribution is -0.400. The van der Waals surface area contributed by atoms with Crippen molar-refractivity contribution in [3.63, 3.8) is 0 Å². The molecule has 0 aromatic carbocycles. The van der Waals surface area contributed by atoms with Gasteiger partial charge in [0.25, 0.3) is 11.6 Å². The summed E-state index contributed by atoms with van der Waals surface area (Å²) in [4.78, 5) is 46.1. The number of phosphoric acid groups is 1. The first-order valence-electron chi connectivity index (χ1n) is 21.2. The summed E-state index contributed by atoms with van der Waals surface area (Å²) < 4.78 is 67.1. The fourth-order valence-corrected chi connectivity index (χ4v) is 8.93. The molecule has 26 atom stereocenters. The molecule has 0 aromatic heterocycles. The van der Waals surface area contributed by atoms with Crippen LogP contribution in [0.4, 0.5) is 0 Å². The van der Waals surface area contributed by atoms with Crippen molar-refractivity contribution in [1.82, 2.24) is 0 Å². The van der Waals surface area contributed by atoms with Crippen molar-refractivity contribution >= 4 is 19.8 Å². The number of nitrogens with two attached hydrogens (primary N) is 2. The summed E-state index contributed by atoms with van der Waals surface area (Å²) in [6.07, 6.45) is -49.8. The zero-order valence-corrected chi connectivity index (χ0v) is 37.1. The Bertz CT molecular complexity index is 1780. The van der Waals surface area contributed by atoms with Crippen molar-refractivity contribution in [2.24, 2.45) is 11.5 Å². The molecular weight excluding hydrogens is 991 g/mol. The maximum atomic E-state index is 13.5. The standard InChI is InChI=1S/C35H61N2O32P/c36-15-19(47)18(46)13(62-29(15)52)6-60-30-16(37)20(48)27(69-70(57,58)59)14(63-30)7-61-34(32(53)54)2-12(66-35(33(55)56)1-8(41)17(45)25(67-35)10(43)4-39)28(26(68-34)11(44)5-40)65-31-23(51)21(49)22(50)24(64-31)9(42)3-38/h8-31,38-52H,1-7,36-37H2,(H,53,54)(H,55,56)(H2,57,58,59)/t8-,9+,10-,11-,12-,13-,14-,15-,16-,17-,18-,19-,20-,21+,22+,23+,24-,25-,26-,27-,28-,29+,30-,31-,34-,35-/m1/s1. The van der Waals surface area contributed by atoms with Crippen LogP contribution >= 0.6 is 7.82 Å². The number of rotatable bonds is 20. The maximum Gasteiger partial charge on any atom is 0.470 e. The number of hydrogen-bond acceptors (Lipinski definition) is 30. The average molecular weight is 1050 g/mol. The third kappa shape index (κ3) is 12.6. The topological polar surface area (TPSA) is 580 Å². The van der Waals surface area contributed by atoms with E-state index in [9.17, 15) is 111 Å². The highest BCUT2D eigenvalue weighted by Crippen LogP contribution is 2.45. The highest BCUT2D eigenvalue weighted by molar-refractivity contribution is 7.46. The van der Waals surface area contributed by atoms with Gasteiger partial charge in [-0.25, -0.2) is 14.2 Å². The molecule has 5 saturated heterocycles. The van der Waals surface area contributed by atoms with Crippen LogP contribution in [0, 0.1) is 0 Å². The summed E-state index contributed by atoms with van der Waals surface area (Å²) in [6, 6.07) is -3.31. The maximum absolute atomic E-state index is 13.5. The Labute approximate surface area is 393 Å². The van der Waals surface area contributed by atoms with Gasteiger partial charge in [-0.3, -0.25) is 4.52 Å². The predicted octanol–water partition coefficient (Wildman–Crippen LogP) is -12.8. The van der Waals surface area contributed by atoms with Gasteiger partial charge in [0.2, 0.25) is 0 Å². The molecular formula is C35H61N2O32P. The van der Waals surface area contributed by atoms with E-state index in [0.29, 0.717) is 0 Å². The second kappa shape index (κ2) is 23.7. The summed E-state index contributed by atoms with van der Waals surface area (Å²) in [5, 5.41) is 178. The molecule has 0 aromatic rings. The molecule has 70 heavy (non-hydrogen) atoms. The van der Waals surface area contributed by atoms with E-state index in [1.165, 1.54) is 0 Å². The molecule has 5 rings (SSSR count). The molecule has 5 aliphatic rings. The van der Waals surface area contributed by atoms with Gasteiger partial charge in [-0.1, -0.05) is 0 Å². The van der Waals surface area contributed by atoms with Crippen LogP contribution in [-0.2, 0) is 61.3 Å². The third-order valence-corrected chi connectivity index (χ3v) is 12.8. The summed E-state index contributed by atoms with van der Waals surface area (Å²) >= 11 is 0. The summed E-state index contributed by atoms with van der Waals surface area (Å²) in [5.74, 6) is -11.2. The van der Waals surface area contributed by atoms with Crippen molar-refractivity contribution in [3.05, 3.63) is 0 Å². The molecule has 0 radical (unpaired) electrons. The molecule has 35 heteroatoms. The van der Waals surface area contributed by atoms with Gasteiger partial charge in [0.15, 0.2) is 18.9 Å². The molecule has 0 saturated carbocycles. The molecule has 0 bridgehead atoms. The minimum Gasteiger partial charge on any atom is -0.477 e. The smallest absolute Gasteiger partial charge is 0.470 e. The zero-order valence-electron chi connectivity index (χ0n) is 36.2. The van der Waals surface area contributed by atoms with E-state index in [1.807, 2.05) is 0 Å². The number of carbonyl (C=O) groups is 2. The summed E-state index contributed by atoms with van der Waals surface area (Å²) in [6.45, 7) is -5.95.